The number of aliphatic carboxylic acids is 1. The van der Waals surface area contributed by atoms with E-state index in [0.29, 0.717) is 6.54 Å². The number of ether oxygens (including phenoxy) is 1. The van der Waals surface area contributed by atoms with Gasteiger partial charge in [-0.05, 0) is 19.9 Å². The van der Waals surface area contributed by atoms with Crippen LogP contribution < -0.4 is 5.73 Å². The molecule has 1 rings (SSSR count). The van der Waals surface area contributed by atoms with E-state index >= 15 is 0 Å². The minimum Gasteiger partial charge on any atom is -0.480 e. The highest BCUT2D eigenvalue weighted by Crippen LogP contribution is 2.13. The van der Waals surface area contributed by atoms with E-state index in [-0.39, 0.29) is 12.6 Å². The Bertz CT molecular complexity index is 192. The summed E-state index contributed by atoms with van der Waals surface area (Å²) in [6, 6.07) is -0.598. The minimum atomic E-state index is -0.868. The molecule has 0 aliphatic carbocycles. The number of carbonyl (C=O) groups is 1. The molecule has 0 aromatic rings. The van der Waals surface area contributed by atoms with Gasteiger partial charge in [0.15, 0.2) is 0 Å². The van der Waals surface area contributed by atoms with Crippen LogP contribution in [0.15, 0.2) is 0 Å². The van der Waals surface area contributed by atoms with E-state index in [4.69, 9.17) is 15.6 Å². The van der Waals surface area contributed by atoms with Crippen molar-refractivity contribution in [3.05, 3.63) is 0 Å². The highest BCUT2D eigenvalue weighted by Gasteiger charge is 2.25. The summed E-state index contributed by atoms with van der Waals surface area (Å²) in [5.74, 6) is -0.868. The number of hydrogen-bond donors (Lipinski definition) is 2. The van der Waals surface area contributed by atoms with Gasteiger partial charge in [0.25, 0.3) is 0 Å². The lowest BCUT2D eigenvalue weighted by molar-refractivity contribution is -0.142. The standard InChI is InChI=1S/C9H18N2O3/c1-11(8(5-10)9(12)13)6-7-3-2-4-14-7/h7-8H,2-6,10H2,1H3,(H,12,13). The highest BCUT2D eigenvalue weighted by molar-refractivity contribution is 5.73. The van der Waals surface area contributed by atoms with Crippen molar-refractivity contribution in [1.82, 2.24) is 4.90 Å². The Morgan fingerprint density at radius 2 is 2.50 bits per heavy atom. The predicted molar refractivity (Wildman–Crippen MR) is 52.1 cm³/mol. The summed E-state index contributed by atoms with van der Waals surface area (Å²) in [5.41, 5.74) is 5.39. The van der Waals surface area contributed by atoms with Gasteiger partial charge in [-0.25, -0.2) is 0 Å². The fourth-order valence-electron chi connectivity index (χ4n) is 1.71. The lowest BCUT2D eigenvalue weighted by Crippen LogP contribution is -2.46. The van der Waals surface area contributed by atoms with Crippen LogP contribution in [0.5, 0.6) is 0 Å². The van der Waals surface area contributed by atoms with E-state index < -0.39 is 12.0 Å². The molecule has 2 atom stereocenters. The van der Waals surface area contributed by atoms with Gasteiger partial charge in [0.2, 0.25) is 0 Å². The lowest BCUT2D eigenvalue weighted by atomic mass is 10.2. The Hall–Kier alpha value is -0.650. The molecule has 82 valence electrons. The monoisotopic (exact) mass is 202 g/mol. The second-order valence-corrected chi connectivity index (χ2v) is 3.66. The molecule has 3 N–H and O–H groups in total. The first kappa shape index (κ1) is 11.4. The molecule has 5 heteroatoms. The van der Waals surface area contributed by atoms with Crippen LogP contribution in [0.2, 0.25) is 0 Å². The maximum Gasteiger partial charge on any atom is 0.322 e. The molecular formula is C9H18N2O3. The highest BCUT2D eigenvalue weighted by atomic mass is 16.5. The smallest absolute Gasteiger partial charge is 0.322 e. The third-order valence-electron chi connectivity index (χ3n) is 2.56. The molecule has 0 bridgehead atoms. The second-order valence-electron chi connectivity index (χ2n) is 3.66. The Morgan fingerprint density at radius 3 is 2.93 bits per heavy atom. The third-order valence-corrected chi connectivity index (χ3v) is 2.56. The number of likely N-dealkylation sites (N-methyl/N-ethyl adjacent to an activating group) is 1. The lowest BCUT2D eigenvalue weighted by Gasteiger charge is -2.25. The molecule has 1 fully saturated rings. The van der Waals surface area contributed by atoms with Crippen molar-refractivity contribution in [3.8, 4) is 0 Å². The average Bonchev–Trinajstić information content (AvgIpc) is 2.57. The normalized spacial score (nSPS) is 24.1. The van der Waals surface area contributed by atoms with Crippen molar-refractivity contribution in [2.24, 2.45) is 5.73 Å². The number of rotatable bonds is 5. The van der Waals surface area contributed by atoms with Gasteiger partial charge in [-0.2, -0.15) is 0 Å². The number of nitrogens with zero attached hydrogens (tertiary/aromatic N) is 1. The van der Waals surface area contributed by atoms with Crippen LogP contribution in [0, 0.1) is 0 Å². The van der Waals surface area contributed by atoms with Gasteiger partial charge in [-0.3, -0.25) is 9.69 Å². The van der Waals surface area contributed by atoms with Crippen molar-refractivity contribution >= 4 is 5.97 Å². The first-order valence-corrected chi connectivity index (χ1v) is 4.90. The van der Waals surface area contributed by atoms with Crippen molar-refractivity contribution in [3.63, 3.8) is 0 Å². The third kappa shape index (κ3) is 2.94. The van der Waals surface area contributed by atoms with Crippen LogP contribution in [0.3, 0.4) is 0 Å². The Labute approximate surface area is 83.8 Å². The van der Waals surface area contributed by atoms with Crippen LogP contribution in [-0.2, 0) is 9.53 Å². The summed E-state index contributed by atoms with van der Waals surface area (Å²) < 4.78 is 5.42. The van der Waals surface area contributed by atoms with Gasteiger partial charge in [-0.15, -0.1) is 0 Å². The van der Waals surface area contributed by atoms with Gasteiger partial charge < -0.3 is 15.6 Å². The Morgan fingerprint density at radius 1 is 1.79 bits per heavy atom. The summed E-state index contributed by atoms with van der Waals surface area (Å²) in [5, 5.41) is 8.86. The molecule has 0 saturated carbocycles. The van der Waals surface area contributed by atoms with Crippen molar-refractivity contribution in [2.75, 3.05) is 26.7 Å². The molecule has 0 spiro atoms. The molecule has 1 aliphatic rings. The van der Waals surface area contributed by atoms with Crippen molar-refractivity contribution in [1.29, 1.82) is 0 Å². The molecule has 14 heavy (non-hydrogen) atoms. The van der Waals surface area contributed by atoms with Crippen LogP contribution in [0.4, 0.5) is 0 Å². The molecule has 0 aromatic heterocycles. The average molecular weight is 202 g/mol. The maximum atomic E-state index is 10.8. The molecule has 2 unspecified atom stereocenters. The van der Waals surface area contributed by atoms with Crippen LogP contribution >= 0.6 is 0 Å². The number of carboxylic acids is 1. The summed E-state index contributed by atoms with van der Waals surface area (Å²) in [4.78, 5) is 12.5. The molecule has 1 saturated heterocycles. The van der Waals surface area contributed by atoms with Gasteiger partial charge in [0.05, 0.1) is 6.10 Å². The molecule has 5 nitrogen and oxygen atoms in total. The van der Waals surface area contributed by atoms with Gasteiger partial charge >= 0.3 is 5.97 Å². The van der Waals surface area contributed by atoms with Gasteiger partial charge in [0.1, 0.15) is 6.04 Å². The molecule has 1 heterocycles. The topological polar surface area (TPSA) is 75.8 Å². The van der Waals surface area contributed by atoms with E-state index in [1.54, 1.807) is 11.9 Å². The maximum absolute atomic E-state index is 10.8. The second kappa shape index (κ2) is 5.29. The van der Waals surface area contributed by atoms with E-state index in [1.165, 1.54) is 0 Å². The quantitative estimate of drug-likeness (QED) is 0.629. The fraction of sp³-hybridized carbons (Fsp3) is 0.889. The van der Waals surface area contributed by atoms with Gasteiger partial charge in [0, 0.05) is 19.7 Å². The fourth-order valence-corrected chi connectivity index (χ4v) is 1.71. The molecular weight excluding hydrogens is 184 g/mol. The van der Waals surface area contributed by atoms with Crippen LogP contribution in [0.1, 0.15) is 12.8 Å². The van der Waals surface area contributed by atoms with Crippen LogP contribution in [0.25, 0.3) is 0 Å². The summed E-state index contributed by atoms with van der Waals surface area (Å²) in [7, 11) is 1.77. The predicted octanol–water partition coefficient (Wildman–Crippen LogP) is -0.491. The Kier molecular flexibility index (Phi) is 4.31. The van der Waals surface area contributed by atoms with E-state index in [2.05, 4.69) is 0 Å². The number of nitrogens with two attached hydrogens (primary N) is 1. The first-order valence-electron chi connectivity index (χ1n) is 4.90. The van der Waals surface area contributed by atoms with E-state index in [1.807, 2.05) is 0 Å². The van der Waals surface area contributed by atoms with E-state index in [0.717, 1.165) is 19.4 Å². The van der Waals surface area contributed by atoms with Gasteiger partial charge in [-0.1, -0.05) is 0 Å². The Balaban J connectivity index is 2.37. The molecule has 0 amide bonds. The number of carboxylic acid groups (broad SMARTS) is 1. The largest absolute Gasteiger partial charge is 0.480 e. The molecule has 0 aromatic carbocycles. The molecule has 0 radical (unpaired) electrons. The van der Waals surface area contributed by atoms with Crippen molar-refractivity contribution < 1.29 is 14.6 Å². The van der Waals surface area contributed by atoms with Crippen LogP contribution in [-0.4, -0.2) is 54.9 Å². The summed E-state index contributed by atoms with van der Waals surface area (Å²) in [6.45, 7) is 1.57. The number of hydrogen-bond acceptors (Lipinski definition) is 4. The minimum absolute atomic E-state index is 0.137. The first-order chi connectivity index (χ1) is 6.65. The zero-order valence-electron chi connectivity index (χ0n) is 8.48. The summed E-state index contributed by atoms with van der Waals surface area (Å²) >= 11 is 0. The van der Waals surface area contributed by atoms with E-state index in [9.17, 15) is 4.79 Å². The zero-order chi connectivity index (χ0) is 10.6. The zero-order valence-corrected chi connectivity index (χ0v) is 8.48. The SMILES string of the molecule is CN(CC1CCCO1)C(CN)C(=O)O. The summed E-state index contributed by atoms with van der Waals surface area (Å²) in [6.07, 6.45) is 2.26. The molecule has 1 aliphatic heterocycles. The van der Waals surface area contributed by atoms with Crippen molar-refractivity contribution in [2.45, 2.75) is 25.0 Å².